The summed E-state index contributed by atoms with van der Waals surface area (Å²) in [6, 6.07) is 0.408. The van der Waals surface area contributed by atoms with Crippen LogP contribution in [0, 0.1) is 5.92 Å². The first kappa shape index (κ1) is 8.41. The van der Waals surface area contributed by atoms with E-state index in [-0.39, 0.29) is 0 Å². The Labute approximate surface area is 67.8 Å². The normalized spacial score (nSPS) is 28.8. The van der Waals surface area contributed by atoms with Crippen molar-refractivity contribution in [3.63, 3.8) is 0 Å². The van der Waals surface area contributed by atoms with Crippen LogP contribution in [-0.2, 0) is 0 Å². The molecule has 0 saturated carbocycles. The van der Waals surface area contributed by atoms with Gasteiger partial charge in [-0.1, -0.05) is 0 Å². The molecule has 1 heterocycles. The van der Waals surface area contributed by atoms with E-state index in [1.54, 1.807) is 0 Å². The van der Waals surface area contributed by atoms with E-state index in [0.29, 0.717) is 6.04 Å². The van der Waals surface area contributed by atoms with Gasteiger partial charge in [0, 0.05) is 6.04 Å². The summed E-state index contributed by atoms with van der Waals surface area (Å²) in [7, 11) is 0. The highest BCUT2D eigenvalue weighted by atomic mass is 32.2. The minimum absolute atomic E-state index is 0.408. The van der Waals surface area contributed by atoms with Crippen LogP contribution in [0.1, 0.15) is 26.2 Å². The molecular formula is C8H17NS. The molecule has 1 fully saturated rings. The van der Waals surface area contributed by atoms with E-state index in [1.807, 2.05) is 0 Å². The van der Waals surface area contributed by atoms with Crippen LogP contribution in [0.4, 0.5) is 0 Å². The van der Waals surface area contributed by atoms with Crippen molar-refractivity contribution < 1.29 is 0 Å². The zero-order valence-electron chi connectivity index (χ0n) is 6.68. The topological polar surface area (TPSA) is 26.0 Å². The molecule has 1 saturated heterocycles. The van der Waals surface area contributed by atoms with E-state index in [2.05, 4.69) is 18.7 Å². The van der Waals surface area contributed by atoms with Crippen LogP contribution >= 0.6 is 11.8 Å². The number of rotatable bonds is 3. The van der Waals surface area contributed by atoms with Crippen molar-refractivity contribution in [2.45, 2.75) is 32.2 Å². The lowest BCUT2D eigenvalue weighted by molar-refractivity contribution is 0.490. The van der Waals surface area contributed by atoms with Gasteiger partial charge >= 0.3 is 0 Å². The molecule has 2 heteroatoms. The largest absolute Gasteiger partial charge is 0.328 e. The molecule has 1 aliphatic heterocycles. The average Bonchev–Trinajstić information content (AvgIpc) is 2.34. The number of hydrogen-bond acceptors (Lipinski definition) is 2. The smallest absolute Gasteiger partial charge is 0.00105 e. The van der Waals surface area contributed by atoms with Gasteiger partial charge in [-0.15, -0.1) is 0 Å². The minimum atomic E-state index is 0.408. The van der Waals surface area contributed by atoms with Crippen LogP contribution in [0.3, 0.4) is 0 Å². The lowest BCUT2D eigenvalue weighted by Crippen LogP contribution is -2.16. The summed E-state index contributed by atoms with van der Waals surface area (Å²) in [5, 5.41) is 0. The number of nitrogens with two attached hydrogens (primary N) is 1. The van der Waals surface area contributed by atoms with Gasteiger partial charge in [-0.25, -0.2) is 0 Å². The SMILES string of the molecule is C[C@H](N)CCC1CCSC1. The second kappa shape index (κ2) is 4.24. The Morgan fingerprint density at radius 2 is 2.50 bits per heavy atom. The van der Waals surface area contributed by atoms with Crippen molar-refractivity contribution in [1.82, 2.24) is 0 Å². The molecule has 1 nitrogen and oxygen atoms in total. The Morgan fingerprint density at radius 1 is 1.70 bits per heavy atom. The van der Waals surface area contributed by atoms with Crippen molar-refractivity contribution in [1.29, 1.82) is 0 Å². The highest BCUT2D eigenvalue weighted by molar-refractivity contribution is 7.99. The van der Waals surface area contributed by atoms with E-state index in [4.69, 9.17) is 5.73 Å². The quantitative estimate of drug-likeness (QED) is 0.680. The Morgan fingerprint density at radius 3 is 3.00 bits per heavy atom. The highest BCUT2D eigenvalue weighted by Gasteiger charge is 2.14. The number of thioether (sulfide) groups is 1. The standard InChI is InChI=1S/C8H17NS/c1-7(9)2-3-8-4-5-10-6-8/h7-8H,2-6,9H2,1H3/t7-,8?/m0/s1. The van der Waals surface area contributed by atoms with Gasteiger partial charge in [0.15, 0.2) is 0 Å². The fraction of sp³-hybridized carbons (Fsp3) is 1.00. The summed E-state index contributed by atoms with van der Waals surface area (Å²) >= 11 is 2.09. The van der Waals surface area contributed by atoms with Crippen molar-refractivity contribution in [3.05, 3.63) is 0 Å². The number of hydrogen-bond donors (Lipinski definition) is 1. The maximum absolute atomic E-state index is 5.66. The van der Waals surface area contributed by atoms with E-state index in [0.717, 1.165) is 5.92 Å². The van der Waals surface area contributed by atoms with Gasteiger partial charge in [-0.3, -0.25) is 0 Å². The van der Waals surface area contributed by atoms with Crippen LogP contribution in [-0.4, -0.2) is 17.5 Å². The van der Waals surface area contributed by atoms with Gasteiger partial charge in [0.2, 0.25) is 0 Å². The first-order valence-electron chi connectivity index (χ1n) is 4.12. The Kier molecular flexibility index (Phi) is 3.57. The predicted molar refractivity (Wildman–Crippen MR) is 48.3 cm³/mol. The molecule has 2 atom stereocenters. The van der Waals surface area contributed by atoms with Crippen molar-refractivity contribution in [2.24, 2.45) is 11.7 Å². The monoisotopic (exact) mass is 159 g/mol. The molecule has 0 amide bonds. The summed E-state index contributed by atoms with van der Waals surface area (Å²) in [6.07, 6.45) is 3.99. The Hall–Kier alpha value is 0.310. The maximum Gasteiger partial charge on any atom is 0.00105 e. The molecule has 10 heavy (non-hydrogen) atoms. The van der Waals surface area contributed by atoms with E-state index in [1.165, 1.54) is 30.8 Å². The third kappa shape index (κ3) is 2.93. The van der Waals surface area contributed by atoms with Gasteiger partial charge in [-0.2, -0.15) is 11.8 Å². The molecule has 1 unspecified atom stereocenters. The van der Waals surface area contributed by atoms with Crippen LogP contribution in [0.5, 0.6) is 0 Å². The van der Waals surface area contributed by atoms with Crippen molar-refractivity contribution in [3.8, 4) is 0 Å². The van der Waals surface area contributed by atoms with Crippen molar-refractivity contribution in [2.75, 3.05) is 11.5 Å². The highest BCUT2D eigenvalue weighted by Crippen LogP contribution is 2.27. The van der Waals surface area contributed by atoms with E-state index in [9.17, 15) is 0 Å². The average molecular weight is 159 g/mol. The summed E-state index contributed by atoms with van der Waals surface area (Å²) in [4.78, 5) is 0. The Bertz CT molecular complexity index is 87.3. The van der Waals surface area contributed by atoms with E-state index < -0.39 is 0 Å². The molecule has 2 N–H and O–H groups in total. The summed E-state index contributed by atoms with van der Waals surface area (Å²) in [6.45, 7) is 2.10. The molecule has 0 aromatic carbocycles. The predicted octanol–water partition coefficient (Wildman–Crippen LogP) is 1.87. The first-order valence-corrected chi connectivity index (χ1v) is 5.28. The van der Waals surface area contributed by atoms with Crippen LogP contribution in [0.25, 0.3) is 0 Å². The lowest BCUT2D eigenvalue weighted by atomic mass is 10.0. The zero-order chi connectivity index (χ0) is 7.40. The molecule has 1 aliphatic rings. The molecule has 0 aromatic heterocycles. The van der Waals surface area contributed by atoms with Gasteiger partial charge in [-0.05, 0) is 43.6 Å². The van der Waals surface area contributed by atoms with Crippen LogP contribution in [0.2, 0.25) is 0 Å². The second-order valence-electron chi connectivity index (χ2n) is 3.28. The van der Waals surface area contributed by atoms with Gasteiger partial charge in [0.1, 0.15) is 0 Å². The summed E-state index contributed by atoms with van der Waals surface area (Å²) in [5.74, 6) is 3.74. The lowest BCUT2D eigenvalue weighted by Gasteiger charge is -2.09. The maximum atomic E-state index is 5.66. The van der Waals surface area contributed by atoms with Crippen LogP contribution in [0.15, 0.2) is 0 Å². The van der Waals surface area contributed by atoms with Gasteiger partial charge < -0.3 is 5.73 Å². The molecule has 0 aromatic rings. The molecular weight excluding hydrogens is 142 g/mol. The van der Waals surface area contributed by atoms with Gasteiger partial charge in [0.05, 0.1) is 0 Å². The molecule has 0 radical (unpaired) electrons. The molecule has 60 valence electrons. The zero-order valence-corrected chi connectivity index (χ0v) is 7.49. The molecule has 0 spiro atoms. The fourth-order valence-electron chi connectivity index (χ4n) is 1.31. The summed E-state index contributed by atoms with van der Waals surface area (Å²) < 4.78 is 0. The molecule has 1 rings (SSSR count). The Balaban J connectivity index is 2.01. The minimum Gasteiger partial charge on any atom is -0.328 e. The third-order valence-electron chi connectivity index (χ3n) is 2.05. The van der Waals surface area contributed by atoms with Crippen molar-refractivity contribution >= 4 is 11.8 Å². The second-order valence-corrected chi connectivity index (χ2v) is 4.43. The van der Waals surface area contributed by atoms with Crippen LogP contribution < -0.4 is 5.73 Å². The molecule has 0 aliphatic carbocycles. The first-order chi connectivity index (χ1) is 4.79. The molecule has 0 bridgehead atoms. The summed E-state index contributed by atoms with van der Waals surface area (Å²) in [5.41, 5.74) is 5.66. The van der Waals surface area contributed by atoms with E-state index >= 15 is 0 Å². The van der Waals surface area contributed by atoms with Gasteiger partial charge in [0.25, 0.3) is 0 Å². The third-order valence-corrected chi connectivity index (χ3v) is 3.29. The fourth-order valence-corrected chi connectivity index (χ4v) is 2.64.